The van der Waals surface area contributed by atoms with Crippen molar-refractivity contribution in [2.45, 2.75) is 18.9 Å². The summed E-state index contributed by atoms with van der Waals surface area (Å²) >= 11 is 5.89. The van der Waals surface area contributed by atoms with Crippen LogP contribution < -0.4 is 4.74 Å². The monoisotopic (exact) mass is 356 g/mol. The quantitative estimate of drug-likeness (QED) is 0.723. The number of piperidine rings is 1. The third-order valence-electron chi connectivity index (χ3n) is 4.36. The second kappa shape index (κ2) is 6.72. The first-order valence-corrected chi connectivity index (χ1v) is 8.58. The fourth-order valence-electron chi connectivity index (χ4n) is 3.03. The van der Waals surface area contributed by atoms with Gasteiger partial charge in [-0.3, -0.25) is 4.79 Å². The summed E-state index contributed by atoms with van der Waals surface area (Å²) in [6.07, 6.45) is 6.72. The van der Waals surface area contributed by atoms with Crippen LogP contribution >= 0.6 is 11.6 Å². The van der Waals surface area contributed by atoms with Gasteiger partial charge in [0.05, 0.1) is 6.20 Å². The number of ether oxygens (including phenoxy) is 1. The molecule has 1 saturated heterocycles. The van der Waals surface area contributed by atoms with Crippen LogP contribution in [0.3, 0.4) is 0 Å². The molecular weight excluding hydrogens is 340 g/mol. The van der Waals surface area contributed by atoms with Crippen LogP contribution in [0, 0.1) is 0 Å². The lowest BCUT2D eigenvalue weighted by molar-refractivity contribution is 0.0597. The van der Waals surface area contributed by atoms with Gasteiger partial charge in [-0.05, 0) is 30.3 Å². The number of nitrogens with zero attached hydrogens (tertiary/aromatic N) is 4. The van der Waals surface area contributed by atoms with E-state index < -0.39 is 0 Å². The number of rotatable bonds is 3. The predicted octanol–water partition coefficient (Wildman–Crippen LogP) is 3.07. The van der Waals surface area contributed by atoms with Gasteiger partial charge in [0.1, 0.15) is 17.4 Å². The molecule has 0 atom stereocenters. The maximum absolute atomic E-state index is 12.8. The van der Waals surface area contributed by atoms with Crippen molar-refractivity contribution < 1.29 is 9.53 Å². The van der Waals surface area contributed by atoms with Gasteiger partial charge >= 0.3 is 0 Å². The highest BCUT2D eigenvalue weighted by Gasteiger charge is 2.26. The molecule has 0 bridgehead atoms. The van der Waals surface area contributed by atoms with Crippen LogP contribution in [0.15, 0.2) is 48.9 Å². The molecule has 1 aromatic carbocycles. The molecule has 0 unspecified atom stereocenters. The van der Waals surface area contributed by atoms with E-state index in [-0.39, 0.29) is 12.0 Å². The number of benzene rings is 1. The Morgan fingerprint density at radius 3 is 2.72 bits per heavy atom. The highest BCUT2D eigenvalue weighted by molar-refractivity contribution is 6.30. The Balaban J connectivity index is 1.39. The third kappa shape index (κ3) is 3.30. The van der Waals surface area contributed by atoms with Crippen LogP contribution in [-0.2, 0) is 0 Å². The lowest BCUT2D eigenvalue weighted by Gasteiger charge is -2.32. The molecule has 6 nitrogen and oxygen atoms in total. The van der Waals surface area contributed by atoms with Gasteiger partial charge < -0.3 is 9.64 Å². The number of hydrogen-bond acceptors (Lipinski definition) is 4. The summed E-state index contributed by atoms with van der Waals surface area (Å²) < 4.78 is 7.59. The van der Waals surface area contributed by atoms with Crippen molar-refractivity contribution in [1.82, 2.24) is 19.5 Å². The van der Waals surface area contributed by atoms with Gasteiger partial charge in [-0.25, -0.2) is 9.50 Å². The highest BCUT2D eigenvalue weighted by atomic mass is 35.5. The average molecular weight is 357 g/mol. The summed E-state index contributed by atoms with van der Waals surface area (Å²) in [6.45, 7) is 1.31. The van der Waals surface area contributed by atoms with E-state index >= 15 is 0 Å². The molecule has 1 fully saturated rings. The molecule has 0 radical (unpaired) electrons. The van der Waals surface area contributed by atoms with Crippen LogP contribution in [0.4, 0.5) is 0 Å². The second-order valence-corrected chi connectivity index (χ2v) is 6.45. The number of carbonyl (C=O) groups excluding carboxylic acids is 1. The Labute approximate surface area is 150 Å². The van der Waals surface area contributed by atoms with Crippen molar-refractivity contribution in [1.29, 1.82) is 0 Å². The molecule has 4 rings (SSSR count). The number of halogens is 1. The van der Waals surface area contributed by atoms with Crippen molar-refractivity contribution in [3.8, 4) is 5.75 Å². The van der Waals surface area contributed by atoms with E-state index in [4.69, 9.17) is 16.3 Å². The van der Waals surface area contributed by atoms with E-state index in [1.54, 1.807) is 29.2 Å². The molecule has 1 aliphatic rings. The van der Waals surface area contributed by atoms with Gasteiger partial charge in [-0.2, -0.15) is 5.10 Å². The molecule has 3 heterocycles. The maximum Gasteiger partial charge on any atom is 0.259 e. The number of aromatic nitrogens is 3. The van der Waals surface area contributed by atoms with Gasteiger partial charge in [-0.1, -0.05) is 11.6 Å². The van der Waals surface area contributed by atoms with Crippen LogP contribution in [0.2, 0.25) is 5.02 Å². The van der Waals surface area contributed by atoms with Gasteiger partial charge in [0.2, 0.25) is 0 Å². The van der Waals surface area contributed by atoms with E-state index in [1.165, 1.54) is 0 Å². The first kappa shape index (κ1) is 15.9. The molecule has 1 aliphatic heterocycles. The summed E-state index contributed by atoms with van der Waals surface area (Å²) in [5.74, 6) is 0.777. The molecule has 7 heteroatoms. The topological polar surface area (TPSA) is 59.7 Å². The minimum Gasteiger partial charge on any atom is -0.490 e. The molecular formula is C18H17ClN4O2. The number of carbonyl (C=O) groups is 1. The maximum atomic E-state index is 12.8. The molecule has 0 aliphatic carbocycles. The normalized spacial score (nSPS) is 15.5. The first-order valence-electron chi connectivity index (χ1n) is 8.20. The van der Waals surface area contributed by atoms with Gasteiger partial charge in [0.15, 0.2) is 5.65 Å². The third-order valence-corrected chi connectivity index (χ3v) is 4.61. The molecule has 1 amide bonds. The summed E-state index contributed by atoms with van der Waals surface area (Å²) in [6, 6.07) is 9.14. The summed E-state index contributed by atoms with van der Waals surface area (Å²) in [5, 5.41) is 4.87. The zero-order valence-corrected chi connectivity index (χ0v) is 14.3. The largest absolute Gasteiger partial charge is 0.490 e. The first-order chi connectivity index (χ1) is 12.2. The molecule has 0 spiro atoms. The standard InChI is InChI=1S/C18H17ClN4O2/c19-13-2-4-14(5-3-13)25-15-6-10-22(11-7-15)18(24)16-12-21-23-9-1-8-20-17(16)23/h1-5,8-9,12,15H,6-7,10-11H2. The molecule has 3 aromatic rings. The Morgan fingerprint density at radius 2 is 1.96 bits per heavy atom. The zero-order valence-electron chi connectivity index (χ0n) is 13.5. The summed E-state index contributed by atoms with van der Waals surface area (Å²) in [4.78, 5) is 18.8. The molecule has 2 aromatic heterocycles. The van der Waals surface area contributed by atoms with Crippen LogP contribution in [0.25, 0.3) is 5.65 Å². The number of hydrogen-bond donors (Lipinski definition) is 0. The molecule has 0 N–H and O–H groups in total. The highest BCUT2D eigenvalue weighted by Crippen LogP contribution is 2.22. The minimum atomic E-state index is -0.0290. The van der Waals surface area contributed by atoms with Crippen molar-refractivity contribution in [3.05, 3.63) is 59.5 Å². The number of amides is 1. The Kier molecular flexibility index (Phi) is 4.28. The van der Waals surface area contributed by atoms with E-state index in [1.807, 2.05) is 29.2 Å². The van der Waals surface area contributed by atoms with E-state index in [9.17, 15) is 4.79 Å². The van der Waals surface area contributed by atoms with E-state index in [0.29, 0.717) is 29.3 Å². The Hall–Kier alpha value is -2.60. The van der Waals surface area contributed by atoms with Crippen molar-refractivity contribution in [2.24, 2.45) is 0 Å². The van der Waals surface area contributed by atoms with Gasteiger partial charge in [0.25, 0.3) is 5.91 Å². The number of fused-ring (bicyclic) bond motifs is 1. The van der Waals surface area contributed by atoms with Crippen LogP contribution in [0.1, 0.15) is 23.2 Å². The van der Waals surface area contributed by atoms with Crippen molar-refractivity contribution >= 4 is 23.2 Å². The summed E-state index contributed by atoms with van der Waals surface area (Å²) in [5.41, 5.74) is 1.13. The molecule has 128 valence electrons. The van der Waals surface area contributed by atoms with Gasteiger partial charge in [0, 0.05) is 43.3 Å². The van der Waals surface area contributed by atoms with Gasteiger partial charge in [-0.15, -0.1) is 0 Å². The van der Waals surface area contributed by atoms with Crippen molar-refractivity contribution in [2.75, 3.05) is 13.1 Å². The molecule has 25 heavy (non-hydrogen) atoms. The van der Waals surface area contributed by atoms with E-state index in [2.05, 4.69) is 10.1 Å². The zero-order chi connectivity index (χ0) is 17.2. The SMILES string of the molecule is O=C(c1cnn2cccnc12)N1CCC(Oc2ccc(Cl)cc2)CC1. The Morgan fingerprint density at radius 1 is 1.20 bits per heavy atom. The van der Waals surface area contributed by atoms with Crippen LogP contribution in [0.5, 0.6) is 5.75 Å². The average Bonchev–Trinajstić information content (AvgIpc) is 3.08. The number of likely N-dealkylation sites (tertiary alicyclic amines) is 1. The fraction of sp³-hybridized carbons (Fsp3) is 0.278. The molecule has 0 saturated carbocycles. The lowest BCUT2D eigenvalue weighted by atomic mass is 10.1. The van der Waals surface area contributed by atoms with E-state index in [0.717, 1.165) is 18.6 Å². The lowest BCUT2D eigenvalue weighted by Crippen LogP contribution is -2.41. The Bertz CT molecular complexity index is 885. The fourth-order valence-corrected chi connectivity index (χ4v) is 3.16. The van der Waals surface area contributed by atoms with Crippen molar-refractivity contribution in [3.63, 3.8) is 0 Å². The summed E-state index contributed by atoms with van der Waals surface area (Å²) in [7, 11) is 0. The minimum absolute atomic E-state index is 0.0290. The smallest absolute Gasteiger partial charge is 0.259 e. The van der Waals surface area contributed by atoms with Crippen LogP contribution in [-0.4, -0.2) is 44.6 Å². The second-order valence-electron chi connectivity index (χ2n) is 6.01. The predicted molar refractivity (Wildman–Crippen MR) is 94.0 cm³/mol.